The number of fused-ring (bicyclic) bond motifs is 2. The van der Waals surface area contributed by atoms with E-state index >= 15 is 0 Å². The van der Waals surface area contributed by atoms with Crippen LogP contribution in [0.5, 0.6) is 0 Å². The van der Waals surface area contributed by atoms with Gasteiger partial charge in [0.2, 0.25) is 0 Å². The van der Waals surface area contributed by atoms with E-state index in [-0.39, 0.29) is 0 Å². The Morgan fingerprint density at radius 2 is 2.00 bits per heavy atom. The van der Waals surface area contributed by atoms with Gasteiger partial charge in [0.25, 0.3) is 5.91 Å². The summed E-state index contributed by atoms with van der Waals surface area (Å²) < 4.78 is 1.71. The maximum Gasteiger partial charge on any atom is 0.267 e. The SMILES string of the molecule is NC(=O)c1c2c(nn1-c1cccc3ccccc13)CC[C]C2. The molecule has 3 aromatic rings. The van der Waals surface area contributed by atoms with Crippen LogP contribution in [-0.4, -0.2) is 15.7 Å². The summed E-state index contributed by atoms with van der Waals surface area (Å²) in [5, 5.41) is 6.84. The van der Waals surface area contributed by atoms with Crippen molar-refractivity contribution in [2.45, 2.75) is 19.3 Å². The lowest BCUT2D eigenvalue weighted by molar-refractivity contribution is 0.0992. The second-order valence-electron chi connectivity index (χ2n) is 5.47. The summed E-state index contributed by atoms with van der Waals surface area (Å²) in [5.74, 6) is -0.439. The number of carbonyl (C=O) groups excluding carboxylic acids is 1. The minimum Gasteiger partial charge on any atom is -0.364 e. The van der Waals surface area contributed by atoms with E-state index in [4.69, 9.17) is 5.73 Å². The molecule has 0 saturated heterocycles. The lowest BCUT2D eigenvalue weighted by Gasteiger charge is -2.10. The van der Waals surface area contributed by atoms with E-state index in [2.05, 4.69) is 11.5 Å². The Balaban J connectivity index is 2.03. The molecule has 108 valence electrons. The molecule has 2 radical (unpaired) electrons. The van der Waals surface area contributed by atoms with Gasteiger partial charge in [0, 0.05) is 10.9 Å². The van der Waals surface area contributed by atoms with Crippen LogP contribution in [0.2, 0.25) is 0 Å². The van der Waals surface area contributed by atoms with Crippen molar-refractivity contribution in [2.24, 2.45) is 5.73 Å². The quantitative estimate of drug-likeness (QED) is 0.788. The van der Waals surface area contributed by atoms with Crippen LogP contribution in [0.25, 0.3) is 16.5 Å². The van der Waals surface area contributed by atoms with E-state index in [9.17, 15) is 4.79 Å². The fraction of sp³-hybridized carbons (Fsp3) is 0.167. The van der Waals surface area contributed by atoms with Crippen molar-refractivity contribution < 1.29 is 4.79 Å². The molecule has 2 aromatic carbocycles. The number of carbonyl (C=O) groups is 1. The van der Waals surface area contributed by atoms with Gasteiger partial charge in [0.05, 0.1) is 11.4 Å². The fourth-order valence-corrected chi connectivity index (χ4v) is 3.12. The third-order valence-corrected chi connectivity index (χ3v) is 4.14. The number of aromatic nitrogens is 2. The van der Waals surface area contributed by atoms with Gasteiger partial charge >= 0.3 is 0 Å². The zero-order valence-corrected chi connectivity index (χ0v) is 12.0. The van der Waals surface area contributed by atoms with Gasteiger partial charge in [0.15, 0.2) is 0 Å². The largest absolute Gasteiger partial charge is 0.364 e. The average molecular weight is 289 g/mol. The van der Waals surface area contributed by atoms with Crippen molar-refractivity contribution in [3.05, 3.63) is 65.8 Å². The van der Waals surface area contributed by atoms with E-state index in [0.717, 1.165) is 40.6 Å². The Labute approximate surface area is 128 Å². The monoisotopic (exact) mass is 289 g/mol. The lowest BCUT2D eigenvalue weighted by Crippen LogP contribution is -2.19. The number of hydrogen-bond donors (Lipinski definition) is 1. The average Bonchev–Trinajstić information content (AvgIpc) is 2.93. The minimum absolute atomic E-state index is 0.439. The number of nitrogens with two attached hydrogens (primary N) is 1. The molecular formula is C18H15N3O. The third kappa shape index (κ3) is 1.91. The minimum atomic E-state index is -0.439. The standard InChI is InChI=1S/C18H15N3O/c19-18(22)17-14-9-3-4-10-15(14)20-21(17)16-11-5-7-12-6-1-2-8-13(12)16/h1-2,5-8,11H,4,9-10H2,(H2,19,22). The molecule has 0 unspecified atom stereocenters. The van der Waals surface area contributed by atoms with Gasteiger partial charge < -0.3 is 5.73 Å². The van der Waals surface area contributed by atoms with Gasteiger partial charge in [0.1, 0.15) is 5.69 Å². The topological polar surface area (TPSA) is 60.9 Å². The molecular weight excluding hydrogens is 274 g/mol. The maximum absolute atomic E-state index is 12.0. The van der Waals surface area contributed by atoms with Crippen LogP contribution in [0.4, 0.5) is 0 Å². The molecule has 1 aliphatic rings. The number of rotatable bonds is 2. The van der Waals surface area contributed by atoms with Crippen molar-refractivity contribution in [3.63, 3.8) is 0 Å². The highest BCUT2D eigenvalue weighted by Gasteiger charge is 2.25. The molecule has 2 N–H and O–H groups in total. The Hall–Kier alpha value is -2.62. The summed E-state index contributed by atoms with van der Waals surface area (Å²) in [7, 11) is 0. The summed E-state index contributed by atoms with van der Waals surface area (Å²) in [5.41, 5.74) is 8.89. The number of amides is 1. The first kappa shape index (κ1) is 13.1. The Morgan fingerprint density at radius 3 is 2.86 bits per heavy atom. The van der Waals surface area contributed by atoms with E-state index in [0.29, 0.717) is 12.1 Å². The van der Waals surface area contributed by atoms with E-state index < -0.39 is 5.91 Å². The molecule has 4 rings (SSSR count). The molecule has 0 aliphatic heterocycles. The molecule has 0 fully saturated rings. The highest BCUT2D eigenvalue weighted by Crippen LogP contribution is 2.28. The Kier molecular flexibility index (Phi) is 2.96. The molecule has 1 aromatic heterocycles. The molecule has 0 spiro atoms. The molecule has 22 heavy (non-hydrogen) atoms. The normalized spacial score (nSPS) is 14.0. The van der Waals surface area contributed by atoms with Crippen molar-refractivity contribution in [1.82, 2.24) is 9.78 Å². The second-order valence-corrected chi connectivity index (χ2v) is 5.47. The first-order valence-corrected chi connectivity index (χ1v) is 7.35. The van der Waals surface area contributed by atoms with Crippen LogP contribution in [0, 0.1) is 6.42 Å². The summed E-state index contributed by atoms with van der Waals surface area (Å²) in [6.07, 6.45) is 5.60. The number of benzene rings is 2. The van der Waals surface area contributed by atoms with Crippen molar-refractivity contribution in [3.8, 4) is 5.69 Å². The van der Waals surface area contributed by atoms with Gasteiger partial charge in [-0.25, -0.2) is 4.68 Å². The molecule has 1 aliphatic carbocycles. The van der Waals surface area contributed by atoms with Crippen LogP contribution < -0.4 is 5.73 Å². The first-order chi connectivity index (χ1) is 10.8. The molecule has 4 heteroatoms. The van der Waals surface area contributed by atoms with E-state index in [1.165, 1.54) is 0 Å². The molecule has 0 saturated carbocycles. The Bertz CT molecular complexity index is 874. The highest BCUT2D eigenvalue weighted by molar-refractivity contribution is 5.96. The zero-order valence-electron chi connectivity index (χ0n) is 12.0. The second kappa shape index (κ2) is 4.98. The molecule has 4 nitrogen and oxygen atoms in total. The van der Waals surface area contributed by atoms with Gasteiger partial charge in [-0.15, -0.1) is 0 Å². The number of nitrogens with zero attached hydrogens (tertiary/aromatic N) is 2. The first-order valence-electron chi connectivity index (χ1n) is 7.35. The van der Waals surface area contributed by atoms with Gasteiger partial charge in [-0.05, 0) is 37.1 Å². The van der Waals surface area contributed by atoms with Crippen molar-refractivity contribution >= 4 is 16.7 Å². The summed E-state index contributed by atoms with van der Waals surface area (Å²) >= 11 is 0. The molecule has 0 bridgehead atoms. The van der Waals surface area contributed by atoms with Gasteiger partial charge in [-0.3, -0.25) is 4.79 Å². The van der Waals surface area contributed by atoms with Crippen LogP contribution in [0.3, 0.4) is 0 Å². The Morgan fingerprint density at radius 1 is 1.18 bits per heavy atom. The van der Waals surface area contributed by atoms with Crippen LogP contribution in [0.15, 0.2) is 42.5 Å². The van der Waals surface area contributed by atoms with Crippen LogP contribution in [-0.2, 0) is 12.8 Å². The number of primary amides is 1. The van der Waals surface area contributed by atoms with Gasteiger partial charge in [-0.1, -0.05) is 36.4 Å². The summed E-state index contributed by atoms with van der Waals surface area (Å²) in [4.78, 5) is 12.0. The fourth-order valence-electron chi connectivity index (χ4n) is 3.12. The van der Waals surface area contributed by atoms with E-state index in [1.807, 2.05) is 42.5 Å². The summed E-state index contributed by atoms with van der Waals surface area (Å²) in [6, 6.07) is 14.1. The molecule has 0 atom stereocenters. The zero-order chi connectivity index (χ0) is 15.1. The highest BCUT2D eigenvalue weighted by atomic mass is 16.1. The van der Waals surface area contributed by atoms with Crippen LogP contribution >= 0.6 is 0 Å². The summed E-state index contributed by atoms with van der Waals surface area (Å²) in [6.45, 7) is 0. The number of hydrogen-bond acceptors (Lipinski definition) is 2. The maximum atomic E-state index is 12.0. The number of aryl methyl sites for hydroxylation is 1. The molecule has 1 amide bonds. The van der Waals surface area contributed by atoms with Crippen LogP contribution in [0.1, 0.15) is 28.2 Å². The van der Waals surface area contributed by atoms with Gasteiger partial charge in [-0.2, -0.15) is 5.10 Å². The smallest absolute Gasteiger partial charge is 0.267 e. The lowest BCUT2D eigenvalue weighted by atomic mass is 9.95. The predicted molar refractivity (Wildman–Crippen MR) is 84.9 cm³/mol. The third-order valence-electron chi connectivity index (χ3n) is 4.14. The van der Waals surface area contributed by atoms with Crippen molar-refractivity contribution in [1.29, 1.82) is 0 Å². The predicted octanol–water partition coefficient (Wildman–Crippen LogP) is 2.69. The van der Waals surface area contributed by atoms with E-state index in [1.54, 1.807) is 4.68 Å². The molecule has 1 heterocycles. The van der Waals surface area contributed by atoms with Crippen molar-refractivity contribution in [2.75, 3.05) is 0 Å².